The first-order valence-corrected chi connectivity index (χ1v) is 13.2. The first-order valence-electron chi connectivity index (χ1n) is 13.2. The molecule has 0 aliphatic rings. The monoisotopic (exact) mass is 509 g/mol. The lowest BCUT2D eigenvalue weighted by molar-refractivity contribution is -0.137. The van der Waals surface area contributed by atoms with Gasteiger partial charge in [0.05, 0.1) is 6.04 Å². The first kappa shape index (κ1) is 26.9. The van der Waals surface area contributed by atoms with Crippen molar-refractivity contribution >= 4 is 22.6 Å². The van der Waals surface area contributed by atoms with Crippen LogP contribution in [0.2, 0.25) is 0 Å². The van der Waals surface area contributed by atoms with Crippen molar-refractivity contribution in [1.29, 1.82) is 0 Å². The summed E-state index contributed by atoms with van der Waals surface area (Å²) in [6, 6.07) is 29.6. The minimum atomic E-state index is -0.836. The number of fused-ring (bicyclic) bond motifs is 1. The van der Waals surface area contributed by atoms with E-state index >= 15 is 0 Å². The largest absolute Gasteiger partial charge is 0.489 e. The van der Waals surface area contributed by atoms with E-state index in [0.717, 1.165) is 39.6 Å². The molecule has 0 aliphatic carbocycles. The average molecular weight is 510 g/mol. The molecule has 4 aromatic carbocycles. The Morgan fingerprint density at radius 1 is 0.895 bits per heavy atom. The molecule has 0 heterocycles. The van der Waals surface area contributed by atoms with Gasteiger partial charge in [0.25, 0.3) is 5.91 Å². The SMILES string of the molecule is CC(C)CC(NC(=O)c1cc(COc2ccccc2)ccc1CCCC(=O)O)c1cccc2ccccc12. The number of benzene rings is 4. The summed E-state index contributed by atoms with van der Waals surface area (Å²) >= 11 is 0. The van der Waals surface area contributed by atoms with Gasteiger partial charge in [-0.15, -0.1) is 0 Å². The molecule has 196 valence electrons. The quantitative estimate of drug-likeness (QED) is 0.209. The van der Waals surface area contributed by atoms with Crippen LogP contribution >= 0.6 is 0 Å². The van der Waals surface area contributed by atoms with Gasteiger partial charge >= 0.3 is 5.97 Å². The third-order valence-electron chi connectivity index (χ3n) is 6.62. The number of aliphatic carboxylic acids is 1. The molecule has 4 aromatic rings. The third kappa shape index (κ3) is 7.22. The summed E-state index contributed by atoms with van der Waals surface area (Å²) in [5.74, 6) is 0.143. The van der Waals surface area contributed by atoms with Crippen LogP contribution in [0.25, 0.3) is 10.8 Å². The Hall–Kier alpha value is -4.12. The van der Waals surface area contributed by atoms with Gasteiger partial charge in [-0.05, 0) is 70.8 Å². The van der Waals surface area contributed by atoms with Crippen LogP contribution < -0.4 is 10.1 Å². The Kier molecular flexibility index (Phi) is 9.15. The third-order valence-corrected chi connectivity index (χ3v) is 6.62. The summed E-state index contributed by atoms with van der Waals surface area (Å²) in [5, 5.41) is 14.7. The molecule has 0 saturated heterocycles. The molecule has 0 bridgehead atoms. The van der Waals surface area contributed by atoms with E-state index in [-0.39, 0.29) is 18.4 Å². The summed E-state index contributed by atoms with van der Waals surface area (Å²) in [6.45, 7) is 4.64. The minimum Gasteiger partial charge on any atom is -0.489 e. The molecule has 4 rings (SSSR count). The van der Waals surface area contributed by atoms with Gasteiger partial charge in [-0.25, -0.2) is 0 Å². The Morgan fingerprint density at radius 2 is 1.63 bits per heavy atom. The van der Waals surface area contributed by atoms with Crippen molar-refractivity contribution in [3.8, 4) is 5.75 Å². The zero-order chi connectivity index (χ0) is 26.9. The molecule has 1 amide bonds. The van der Waals surface area contributed by atoms with Gasteiger partial charge < -0.3 is 15.2 Å². The van der Waals surface area contributed by atoms with E-state index in [0.29, 0.717) is 30.9 Å². The summed E-state index contributed by atoms with van der Waals surface area (Å²) in [4.78, 5) is 24.9. The highest BCUT2D eigenvalue weighted by atomic mass is 16.5. The topological polar surface area (TPSA) is 75.6 Å². The molecule has 1 unspecified atom stereocenters. The second-order valence-electron chi connectivity index (χ2n) is 10.1. The first-order chi connectivity index (χ1) is 18.4. The van der Waals surface area contributed by atoms with Crippen LogP contribution in [0.3, 0.4) is 0 Å². The number of carboxylic acid groups (broad SMARTS) is 1. The fourth-order valence-electron chi connectivity index (χ4n) is 4.78. The number of ether oxygens (including phenoxy) is 1. The van der Waals surface area contributed by atoms with Gasteiger partial charge in [0, 0.05) is 12.0 Å². The Balaban J connectivity index is 1.62. The minimum absolute atomic E-state index is 0.0614. The van der Waals surface area contributed by atoms with Crippen molar-refractivity contribution in [1.82, 2.24) is 5.32 Å². The Bertz CT molecular complexity index is 1380. The number of carbonyl (C=O) groups excluding carboxylic acids is 1. The zero-order valence-corrected chi connectivity index (χ0v) is 22.0. The lowest BCUT2D eigenvalue weighted by Crippen LogP contribution is -2.30. The fraction of sp³-hybridized carbons (Fsp3) is 0.273. The molecular formula is C33H35NO4. The summed E-state index contributed by atoms with van der Waals surface area (Å²) in [6.07, 6.45) is 1.84. The van der Waals surface area contributed by atoms with Gasteiger partial charge in [-0.1, -0.05) is 86.6 Å². The van der Waals surface area contributed by atoms with Crippen LogP contribution in [0.1, 0.15) is 66.2 Å². The number of nitrogens with one attached hydrogen (secondary N) is 1. The molecule has 38 heavy (non-hydrogen) atoms. The van der Waals surface area contributed by atoms with Crippen LogP contribution in [-0.4, -0.2) is 17.0 Å². The standard InChI is InChI=1S/C33H35NO4/c1-23(2)20-31(29-16-8-11-25-10-6-7-15-28(25)29)34-33(37)30-21-24(22-38-27-13-4-3-5-14-27)18-19-26(30)12-9-17-32(35)36/h3-8,10-11,13-16,18-19,21,23,31H,9,12,17,20,22H2,1-2H3,(H,34,37)(H,35,36). The number of carboxylic acids is 1. The van der Waals surface area contributed by atoms with Crippen molar-refractivity contribution in [2.24, 2.45) is 5.92 Å². The van der Waals surface area contributed by atoms with Crippen LogP contribution in [0.5, 0.6) is 5.75 Å². The summed E-state index contributed by atoms with van der Waals surface area (Å²) in [5.41, 5.74) is 3.39. The molecule has 0 radical (unpaired) electrons. The smallest absolute Gasteiger partial charge is 0.303 e. The average Bonchev–Trinajstić information content (AvgIpc) is 2.91. The molecule has 5 nitrogen and oxygen atoms in total. The van der Waals surface area contributed by atoms with Crippen molar-refractivity contribution in [3.05, 3.63) is 113 Å². The number of hydrogen-bond acceptors (Lipinski definition) is 3. The lowest BCUT2D eigenvalue weighted by atomic mass is 9.92. The molecule has 0 spiro atoms. The predicted molar refractivity (Wildman–Crippen MR) is 151 cm³/mol. The highest BCUT2D eigenvalue weighted by Gasteiger charge is 2.21. The maximum Gasteiger partial charge on any atom is 0.303 e. The number of hydrogen-bond donors (Lipinski definition) is 2. The van der Waals surface area contributed by atoms with E-state index in [2.05, 4.69) is 43.4 Å². The molecular weight excluding hydrogens is 474 g/mol. The van der Waals surface area contributed by atoms with Crippen molar-refractivity contribution in [2.45, 2.75) is 52.2 Å². The highest BCUT2D eigenvalue weighted by molar-refractivity contribution is 5.96. The molecule has 0 saturated carbocycles. The second kappa shape index (κ2) is 12.9. The van der Waals surface area contributed by atoms with Gasteiger partial charge in [0.1, 0.15) is 12.4 Å². The molecule has 0 fully saturated rings. The second-order valence-corrected chi connectivity index (χ2v) is 10.1. The van der Waals surface area contributed by atoms with E-state index < -0.39 is 5.97 Å². The number of aryl methyl sites for hydroxylation is 1. The van der Waals surface area contributed by atoms with E-state index in [9.17, 15) is 9.59 Å². The number of para-hydroxylation sites is 1. The molecule has 0 aromatic heterocycles. The number of rotatable bonds is 12. The molecule has 0 aliphatic heterocycles. The van der Waals surface area contributed by atoms with Gasteiger partial charge in [0.15, 0.2) is 0 Å². The predicted octanol–water partition coefficient (Wildman–Crippen LogP) is 7.34. The maximum atomic E-state index is 13.8. The van der Waals surface area contributed by atoms with E-state index in [1.165, 1.54) is 0 Å². The van der Waals surface area contributed by atoms with Crippen molar-refractivity contribution < 1.29 is 19.4 Å². The zero-order valence-electron chi connectivity index (χ0n) is 22.0. The maximum absolute atomic E-state index is 13.8. The van der Waals surface area contributed by atoms with Gasteiger partial charge in [0.2, 0.25) is 0 Å². The van der Waals surface area contributed by atoms with Gasteiger partial charge in [-0.3, -0.25) is 9.59 Å². The van der Waals surface area contributed by atoms with Crippen LogP contribution in [0.15, 0.2) is 91.0 Å². The van der Waals surface area contributed by atoms with Crippen LogP contribution in [0, 0.1) is 5.92 Å². The molecule has 1 atom stereocenters. The van der Waals surface area contributed by atoms with Gasteiger partial charge in [-0.2, -0.15) is 0 Å². The van der Waals surface area contributed by atoms with Crippen LogP contribution in [-0.2, 0) is 17.8 Å². The summed E-state index contributed by atoms with van der Waals surface area (Å²) < 4.78 is 5.92. The van der Waals surface area contributed by atoms with E-state index in [1.807, 2.05) is 66.7 Å². The Morgan fingerprint density at radius 3 is 2.39 bits per heavy atom. The summed E-state index contributed by atoms with van der Waals surface area (Å²) in [7, 11) is 0. The fourth-order valence-corrected chi connectivity index (χ4v) is 4.78. The molecule has 2 N–H and O–H groups in total. The van der Waals surface area contributed by atoms with Crippen molar-refractivity contribution in [3.63, 3.8) is 0 Å². The number of carbonyl (C=O) groups is 2. The Labute approximate surface area is 224 Å². The normalized spacial score (nSPS) is 11.9. The lowest BCUT2D eigenvalue weighted by Gasteiger charge is -2.24. The van der Waals surface area contributed by atoms with E-state index in [1.54, 1.807) is 0 Å². The van der Waals surface area contributed by atoms with Crippen LogP contribution in [0.4, 0.5) is 0 Å². The molecule has 5 heteroatoms. The van der Waals surface area contributed by atoms with Crippen molar-refractivity contribution in [2.75, 3.05) is 0 Å². The number of amides is 1. The highest BCUT2D eigenvalue weighted by Crippen LogP contribution is 2.29. The van der Waals surface area contributed by atoms with E-state index in [4.69, 9.17) is 9.84 Å².